The Balaban J connectivity index is 0. The highest BCUT2D eigenvalue weighted by molar-refractivity contribution is 5.85. The molecule has 0 spiro atoms. The number of esters is 1. The predicted molar refractivity (Wildman–Crippen MR) is 51.3 cm³/mol. The summed E-state index contributed by atoms with van der Waals surface area (Å²) in [5.41, 5.74) is 5.31. The van der Waals surface area contributed by atoms with Crippen LogP contribution in [0.15, 0.2) is 0 Å². The van der Waals surface area contributed by atoms with Crippen LogP contribution < -0.4 is 5.73 Å². The standard InChI is InChI=1S/C8H17NO2.ClH/c1-4-11-7(10)5-8(2,3)6-9;/h4-6,9H2,1-3H3;1H. The summed E-state index contributed by atoms with van der Waals surface area (Å²) in [5, 5.41) is 0. The van der Waals surface area contributed by atoms with E-state index < -0.39 is 0 Å². The molecule has 3 nitrogen and oxygen atoms in total. The normalized spacial score (nSPS) is 10.3. The summed E-state index contributed by atoms with van der Waals surface area (Å²) in [7, 11) is 0. The van der Waals surface area contributed by atoms with E-state index >= 15 is 0 Å². The van der Waals surface area contributed by atoms with Gasteiger partial charge in [0.25, 0.3) is 0 Å². The molecule has 0 amide bonds. The second kappa shape index (κ2) is 6.26. The molecule has 74 valence electrons. The number of rotatable bonds is 4. The van der Waals surface area contributed by atoms with Gasteiger partial charge < -0.3 is 10.5 Å². The minimum absolute atomic E-state index is 0. The lowest BCUT2D eigenvalue weighted by molar-refractivity contribution is -0.145. The number of ether oxygens (including phenoxy) is 1. The largest absolute Gasteiger partial charge is 0.466 e. The quantitative estimate of drug-likeness (QED) is 0.689. The van der Waals surface area contributed by atoms with Crippen LogP contribution in [0.4, 0.5) is 0 Å². The molecule has 0 rings (SSSR count). The molecule has 0 aliphatic rings. The van der Waals surface area contributed by atoms with E-state index in [1.165, 1.54) is 0 Å². The molecule has 0 saturated carbocycles. The third-order valence-electron chi connectivity index (χ3n) is 1.48. The van der Waals surface area contributed by atoms with Crippen LogP contribution in [0.1, 0.15) is 27.2 Å². The lowest BCUT2D eigenvalue weighted by atomic mass is 9.90. The first-order valence-electron chi connectivity index (χ1n) is 3.87. The molecule has 0 bridgehead atoms. The van der Waals surface area contributed by atoms with Gasteiger partial charge in [-0.2, -0.15) is 0 Å². The molecule has 4 heteroatoms. The number of carbonyl (C=O) groups excluding carboxylic acids is 1. The van der Waals surface area contributed by atoms with Crippen LogP contribution in [0.2, 0.25) is 0 Å². The number of hydrogen-bond acceptors (Lipinski definition) is 3. The molecular weight excluding hydrogens is 178 g/mol. The van der Waals surface area contributed by atoms with Crippen molar-refractivity contribution in [2.24, 2.45) is 11.1 Å². The van der Waals surface area contributed by atoms with E-state index in [2.05, 4.69) is 0 Å². The Morgan fingerprint density at radius 2 is 2.00 bits per heavy atom. The molecule has 2 N–H and O–H groups in total. The van der Waals surface area contributed by atoms with Gasteiger partial charge in [0.1, 0.15) is 0 Å². The second-order valence-electron chi connectivity index (χ2n) is 3.35. The van der Waals surface area contributed by atoms with E-state index in [-0.39, 0.29) is 23.8 Å². The van der Waals surface area contributed by atoms with Crippen molar-refractivity contribution in [1.29, 1.82) is 0 Å². The van der Waals surface area contributed by atoms with Crippen LogP contribution in [-0.2, 0) is 9.53 Å². The second-order valence-corrected chi connectivity index (χ2v) is 3.35. The minimum atomic E-state index is -0.164. The number of carbonyl (C=O) groups is 1. The number of nitrogens with two attached hydrogens (primary N) is 1. The van der Waals surface area contributed by atoms with Gasteiger partial charge in [0.15, 0.2) is 0 Å². The van der Waals surface area contributed by atoms with Gasteiger partial charge in [0, 0.05) is 0 Å². The first-order chi connectivity index (χ1) is 5.02. The Morgan fingerprint density at radius 3 is 2.33 bits per heavy atom. The summed E-state index contributed by atoms with van der Waals surface area (Å²) < 4.78 is 4.79. The summed E-state index contributed by atoms with van der Waals surface area (Å²) in [6.45, 7) is 6.65. The topological polar surface area (TPSA) is 52.3 Å². The van der Waals surface area contributed by atoms with Crippen molar-refractivity contribution in [3.8, 4) is 0 Å². The van der Waals surface area contributed by atoms with Gasteiger partial charge >= 0.3 is 5.97 Å². The molecule has 0 unspecified atom stereocenters. The Labute approximate surface area is 80.1 Å². The first kappa shape index (κ1) is 14.3. The molecular formula is C8H18ClNO2. The van der Waals surface area contributed by atoms with Crippen LogP contribution in [0.25, 0.3) is 0 Å². The zero-order valence-electron chi connectivity index (χ0n) is 7.92. The Bertz CT molecular complexity index is 137. The fourth-order valence-electron chi connectivity index (χ4n) is 0.675. The zero-order valence-corrected chi connectivity index (χ0v) is 8.74. The van der Waals surface area contributed by atoms with Crippen molar-refractivity contribution in [2.45, 2.75) is 27.2 Å². The molecule has 0 heterocycles. The van der Waals surface area contributed by atoms with Gasteiger partial charge in [0.2, 0.25) is 0 Å². The van der Waals surface area contributed by atoms with Crippen molar-refractivity contribution in [3.05, 3.63) is 0 Å². The van der Waals surface area contributed by atoms with Gasteiger partial charge in [-0.15, -0.1) is 12.4 Å². The summed E-state index contributed by atoms with van der Waals surface area (Å²) in [5.74, 6) is -0.164. The minimum Gasteiger partial charge on any atom is -0.466 e. The average Bonchev–Trinajstić information content (AvgIpc) is 1.87. The molecule has 0 saturated heterocycles. The third-order valence-corrected chi connectivity index (χ3v) is 1.48. The molecule has 0 aromatic rings. The SMILES string of the molecule is CCOC(=O)CC(C)(C)CN.Cl. The fraction of sp³-hybridized carbons (Fsp3) is 0.875. The molecule has 0 aliphatic heterocycles. The summed E-state index contributed by atoms with van der Waals surface area (Å²) in [6, 6.07) is 0. The molecule has 0 atom stereocenters. The molecule has 0 aromatic carbocycles. The highest BCUT2D eigenvalue weighted by Gasteiger charge is 2.20. The highest BCUT2D eigenvalue weighted by atomic mass is 35.5. The van der Waals surface area contributed by atoms with Crippen molar-refractivity contribution in [1.82, 2.24) is 0 Å². The van der Waals surface area contributed by atoms with E-state index in [9.17, 15) is 4.79 Å². The van der Waals surface area contributed by atoms with E-state index in [1.807, 2.05) is 13.8 Å². The van der Waals surface area contributed by atoms with Gasteiger partial charge in [0.05, 0.1) is 13.0 Å². The predicted octanol–water partition coefficient (Wildman–Crippen LogP) is 1.35. The average molecular weight is 196 g/mol. The third kappa shape index (κ3) is 6.43. The van der Waals surface area contributed by atoms with Crippen LogP contribution in [-0.4, -0.2) is 19.1 Å². The summed E-state index contributed by atoms with van der Waals surface area (Å²) in [4.78, 5) is 10.9. The van der Waals surface area contributed by atoms with Gasteiger partial charge in [-0.3, -0.25) is 4.79 Å². The highest BCUT2D eigenvalue weighted by Crippen LogP contribution is 2.18. The van der Waals surface area contributed by atoms with Crippen LogP contribution >= 0.6 is 12.4 Å². The van der Waals surface area contributed by atoms with Gasteiger partial charge in [-0.05, 0) is 18.9 Å². The summed E-state index contributed by atoms with van der Waals surface area (Å²) >= 11 is 0. The van der Waals surface area contributed by atoms with Crippen molar-refractivity contribution < 1.29 is 9.53 Å². The maximum Gasteiger partial charge on any atom is 0.306 e. The molecule has 0 fully saturated rings. The maximum absolute atomic E-state index is 10.9. The van der Waals surface area contributed by atoms with E-state index in [4.69, 9.17) is 10.5 Å². The van der Waals surface area contributed by atoms with Crippen LogP contribution in [0, 0.1) is 5.41 Å². The summed E-state index contributed by atoms with van der Waals surface area (Å²) in [6.07, 6.45) is 0.400. The van der Waals surface area contributed by atoms with Gasteiger partial charge in [-0.1, -0.05) is 13.8 Å². The van der Waals surface area contributed by atoms with Gasteiger partial charge in [-0.25, -0.2) is 0 Å². The van der Waals surface area contributed by atoms with Crippen LogP contribution in [0.5, 0.6) is 0 Å². The monoisotopic (exact) mass is 195 g/mol. The van der Waals surface area contributed by atoms with Crippen LogP contribution in [0.3, 0.4) is 0 Å². The molecule has 0 radical (unpaired) electrons. The smallest absolute Gasteiger partial charge is 0.306 e. The Hall–Kier alpha value is -0.280. The lowest BCUT2D eigenvalue weighted by Crippen LogP contribution is -2.27. The van der Waals surface area contributed by atoms with Crippen molar-refractivity contribution in [3.63, 3.8) is 0 Å². The molecule has 12 heavy (non-hydrogen) atoms. The first-order valence-corrected chi connectivity index (χ1v) is 3.87. The van der Waals surface area contributed by atoms with E-state index in [0.717, 1.165) is 0 Å². The lowest BCUT2D eigenvalue weighted by Gasteiger charge is -2.20. The molecule has 0 aliphatic carbocycles. The Morgan fingerprint density at radius 1 is 1.50 bits per heavy atom. The number of hydrogen-bond donors (Lipinski definition) is 1. The zero-order chi connectivity index (χ0) is 8.91. The molecule has 0 aromatic heterocycles. The fourth-order valence-corrected chi connectivity index (χ4v) is 0.675. The Kier molecular flexibility index (Phi) is 7.44. The van der Waals surface area contributed by atoms with Crippen molar-refractivity contribution in [2.75, 3.05) is 13.2 Å². The number of halogens is 1. The van der Waals surface area contributed by atoms with Crippen molar-refractivity contribution >= 4 is 18.4 Å². The maximum atomic E-state index is 10.9. The van der Waals surface area contributed by atoms with E-state index in [0.29, 0.717) is 19.6 Å². The van der Waals surface area contributed by atoms with E-state index in [1.54, 1.807) is 6.92 Å².